The summed E-state index contributed by atoms with van der Waals surface area (Å²) in [6.45, 7) is 2.61. The van der Waals surface area contributed by atoms with Gasteiger partial charge in [0.25, 0.3) is 0 Å². The van der Waals surface area contributed by atoms with E-state index in [2.05, 4.69) is 55.1 Å². The largest absolute Gasteiger partial charge is 0.341 e. The molecule has 148 valence electrons. The van der Waals surface area contributed by atoms with Gasteiger partial charge >= 0.3 is 6.03 Å². The van der Waals surface area contributed by atoms with Gasteiger partial charge in [-0.2, -0.15) is 0 Å². The molecular formula is C22H22BrN5O. The van der Waals surface area contributed by atoms with Crippen molar-refractivity contribution < 1.29 is 4.79 Å². The van der Waals surface area contributed by atoms with E-state index >= 15 is 0 Å². The van der Waals surface area contributed by atoms with Gasteiger partial charge in [0.15, 0.2) is 0 Å². The molecule has 1 atom stereocenters. The monoisotopic (exact) mass is 451 g/mol. The number of fused-ring (bicyclic) bond motifs is 1. The number of hydrogen-bond acceptors (Lipinski definition) is 3. The Balaban J connectivity index is 1.29. The van der Waals surface area contributed by atoms with Crippen molar-refractivity contribution in [2.45, 2.75) is 19.1 Å². The molecule has 2 aliphatic rings. The lowest BCUT2D eigenvalue weighted by atomic mass is 10.1. The Kier molecular flexibility index (Phi) is 4.64. The van der Waals surface area contributed by atoms with Crippen molar-refractivity contribution in [3.05, 3.63) is 76.2 Å². The van der Waals surface area contributed by atoms with Gasteiger partial charge in [-0.3, -0.25) is 4.90 Å². The average Bonchev–Trinajstić information content (AvgIpc) is 3.45. The van der Waals surface area contributed by atoms with Crippen LogP contribution in [-0.4, -0.2) is 51.0 Å². The van der Waals surface area contributed by atoms with E-state index < -0.39 is 0 Å². The summed E-state index contributed by atoms with van der Waals surface area (Å²) in [5, 5.41) is 0. The fraction of sp³-hybridized carbons (Fsp3) is 0.273. The highest BCUT2D eigenvalue weighted by Gasteiger charge is 2.36. The predicted octanol–water partition coefficient (Wildman–Crippen LogP) is 4.22. The van der Waals surface area contributed by atoms with Crippen LogP contribution in [0, 0.1) is 0 Å². The van der Waals surface area contributed by atoms with Crippen molar-refractivity contribution in [2.75, 3.05) is 20.3 Å². The van der Waals surface area contributed by atoms with Crippen LogP contribution in [0.15, 0.2) is 59.2 Å². The third-order valence-electron chi connectivity index (χ3n) is 5.77. The van der Waals surface area contributed by atoms with E-state index in [1.807, 2.05) is 47.3 Å². The van der Waals surface area contributed by atoms with Crippen molar-refractivity contribution in [3.8, 4) is 11.3 Å². The molecule has 3 heterocycles. The molecule has 1 N–H and O–H groups in total. The van der Waals surface area contributed by atoms with Gasteiger partial charge < -0.3 is 14.8 Å². The molecule has 2 amide bonds. The molecule has 0 bridgehead atoms. The Morgan fingerprint density at radius 2 is 1.76 bits per heavy atom. The van der Waals surface area contributed by atoms with Gasteiger partial charge in [-0.25, -0.2) is 9.78 Å². The molecule has 1 aromatic heterocycles. The first-order valence-electron chi connectivity index (χ1n) is 9.70. The Bertz CT molecular complexity index is 1020. The Hall–Kier alpha value is -2.64. The maximum atomic E-state index is 13.1. The van der Waals surface area contributed by atoms with Gasteiger partial charge in [-0.15, -0.1) is 0 Å². The number of urea groups is 1. The molecule has 0 radical (unpaired) electrons. The van der Waals surface area contributed by atoms with Crippen molar-refractivity contribution >= 4 is 22.0 Å². The lowest BCUT2D eigenvalue weighted by Crippen LogP contribution is -2.39. The highest BCUT2D eigenvalue weighted by molar-refractivity contribution is 9.10. The third-order valence-corrected chi connectivity index (χ3v) is 6.30. The number of aromatic amines is 1. The van der Waals surface area contributed by atoms with E-state index in [1.165, 1.54) is 11.1 Å². The number of hydrogen-bond donors (Lipinski definition) is 1. The average molecular weight is 452 g/mol. The maximum Gasteiger partial charge on any atom is 0.321 e. The molecule has 29 heavy (non-hydrogen) atoms. The molecule has 0 spiro atoms. The van der Waals surface area contributed by atoms with E-state index in [9.17, 15) is 4.79 Å². The molecule has 3 aromatic rings. The summed E-state index contributed by atoms with van der Waals surface area (Å²) >= 11 is 3.47. The minimum Gasteiger partial charge on any atom is -0.341 e. The molecular weight excluding hydrogens is 430 g/mol. The summed E-state index contributed by atoms with van der Waals surface area (Å²) < 4.78 is 1.05. The van der Waals surface area contributed by atoms with E-state index in [4.69, 9.17) is 0 Å². The predicted molar refractivity (Wildman–Crippen MR) is 115 cm³/mol. The second-order valence-electron chi connectivity index (χ2n) is 7.73. The van der Waals surface area contributed by atoms with Gasteiger partial charge in [0.2, 0.25) is 0 Å². The van der Waals surface area contributed by atoms with E-state index in [1.54, 1.807) is 0 Å². The van der Waals surface area contributed by atoms with Crippen LogP contribution in [0.2, 0.25) is 0 Å². The van der Waals surface area contributed by atoms with Gasteiger partial charge in [0.1, 0.15) is 5.82 Å². The number of imidazole rings is 1. The van der Waals surface area contributed by atoms with Gasteiger partial charge in [-0.05, 0) is 35.9 Å². The molecule has 1 fully saturated rings. The highest BCUT2D eigenvalue weighted by atomic mass is 79.9. The van der Waals surface area contributed by atoms with Crippen LogP contribution in [0.3, 0.4) is 0 Å². The first-order valence-corrected chi connectivity index (χ1v) is 10.5. The van der Waals surface area contributed by atoms with Crippen molar-refractivity contribution in [1.29, 1.82) is 0 Å². The lowest BCUT2D eigenvalue weighted by Gasteiger charge is -2.23. The Morgan fingerprint density at radius 3 is 2.45 bits per heavy atom. The topological polar surface area (TPSA) is 55.5 Å². The number of carbonyl (C=O) groups excluding carboxylic acids is 1. The van der Waals surface area contributed by atoms with Crippen molar-refractivity contribution in [1.82, 2.24) is 24.7 Å². The number of nitrogens with one attached hydrogen (secondary N) is 1. The summed E-state index contributed by atoms with van der Waals surface area (Å²) in [6, 6.07) is 16.6. The number of carbonyl (C=O) groups is 1. The first kappa shape index (κ1) is 18.4. The number of likely N-dealkylation sites (N-methyl/N-ethyl adjacent to an activating group) is 1. The van der Waals surface area contributed by atoms with Gasteiger partial charge in [-0.1, -0.05) is 52.3 Å². The molecule has 2 aliphatic heterocycles. The smallest absolute Gasteiger partial charge is 0.321 e. The molecule has 2 aromatic carbocycles. The highest BCUT2D eigenvalue weighted by Crippen LogP contribution is 2.30. The van der Waals surface area contributed by atoms with Crippen LogP contribution in [-0.2, 0) is 13.1 Å². The van der Waals surface area contributed by atoms with Crippen LogP contribution in [0.25, 0.3) is 11.3 Å². The zero-order valence-electron chi connectivity index (χ0n) is 16.2. The number of H-pyrrole nitrogens is 1. The molecule has 1 saturated heterocycles. The minimum absolute atomic E-state index is 0.0631. The number of aromatic nitrogens is 2. The zero-order chi connectivity index (χ0) is 20.0. The molecule has 5 rings (SSSR count). The quantitative estimate of drug-likeness (QED) is 0.634. The standard InChI is InChI=1S/C22H22BrN5O/c1-26-14-28(22(29)27-11-16-4-2-3-5-17(16)12-27)13-20(26)21-24-10-19(25-21)15-6-8-18(23)9-7-15/h2-10,20H,11-14H2,1H3,(H,24,25). The molecule has 6 nitrogen and oxygen atoms in total. The fourth-order valence-corrected chi connectivity index (χ4v) is 4.42. The van der Waals surface area contributed by atoms with Crippen LogP contribution >= 0.6 is 15.9 Å². The number of rotatable bonds is 2. The summed E-state index contributed by atoms with van der Waals surface area (Å²) in [5.74, 6) is 0.894. The molecule has 0 saturated carbocycles. The summed E-state index contributed by atoms with van der Waals surface area (Å²) in [6.07, 6.45) is 1.87. The second-order valence-corrected chi connectivity index (χ2v) is 8.65. The number of halogens is 1. The normalized spacial score (nSPS) is 19.0. The van der Waals surface area contributed by atoms with E-state index in [0.717, 1.165) is 21.6 Å². The van der Waals surface area contributed by atoms with Crippen molar-refractivity contribution in [2.24, 2.45) is 0 Å². The second kappa shape index (κ2) is 7.31. The Morgan fingerprint density at radius 1 is 1.07 bits per heavy atom. The van der Waals surface area contributed by atoms with E-state index in [-0.39, 0.29) is 12.1 Å². The minimum atomic E-state index is 0.0631. The van der Waals surface area contributed by atoms with Crippen LogP contribution in [0.5, 0.6) is 0 Å². The molecule has 0 aliphatic carbocycles. The summed E-state index contributed by atoms with van der Waals surface area (Å²) in [7, 11) is 2.04. The van der Waals surface area contributed by atoms with Crippen LogP contribution < -0.4 is 0 Å². The Labute approximate surface area is 178 Å². The zero-order valence-corrected chi connectivity index (χ0v) is 17.8. The summed E-state index contributed by atoms with van der Waals surface area (Å²) in [4.78, 5) is 27.2. The molecule has 1 unspecified atom stereocenters. The van der Waals surface area contributed by atoms with Gasteiger partial charge in [0.05, 0.1) is 24.6 Å². The number of amides is 2. The fourth-order valence-electron chi connectivity index (χ4n) is 4.16. The molecule has 7 heteroatoms. The van der Waals surface area contributed by atoms with Crippen LogP contribution in [0.4, 0.5) is 4.79 Å². The van der Waals surface area contributed by atoms with Crippen molar-refractivity contribution in [3.63, 3.8) is 0 Å². The summed E-state index contributed by atoms with van der Waals surface area (Å²) in [5.41, 5.74) is 4.57. The maximum absolute atomic E-state index is 13.1. The first-order chi connectivity index (χ1) is 14.1. The number of nitrogens with zero attached hydrogens (tertiary/aromatic N) is 4. The third kappa shape index (κ3) is 3.45. The van der Waals surface area contributed by atoms with Gasteiger partial charge in [0, 0.05) is 24.1 Å². The SMILES string of the molecule is CN1CN(C(=O)N2Cc3ccccc3C2)CC1c1ncc(-c2ccc(Br)cc2)[nH]1. The number of benzene rings is 2. The van der Waals surface area contributed by atoms with E-state index in [0.29, 0.717) is 26.3 Å². The van der Waals surface area contributed by atoms with Crippen LogP contribution in [0.1, 0.15) is 23.0 Å². The lowest BCUT2D eigenvalue weighted by molar-refractivity contribution is 0.156.